The van der Waals surface area contributed by atoms with Crippen LogP contribution in [0.5, 0.6) is 5.75 Å². The Morgan fingerprint density at radius 1 is 1.23 bits per heavy atom. The summed E-state index contributed by atoms with van der Waals surface area (Å²) in [4.78, 5) is 15.6. The minimum absolute atomic E-state index is 0.0354. The van der Waals surface area contributed by atoms with Crippen LogP contribution < -0.4 is 4.74 Å². The molecule has 1 aliphatic heterocycles. The fraction of sp³-hybridized carbons (Fsp3) is 0.421. The molecule has 1 fully saturated rings. The molecule has 1 aliphatic rings. The second kappa shape index (κ2) is 7.80. The fourth-order valence-corrected chi connectivity index (χ4v) is 5.66. The van der Waals surface area contributed by atoms with Crippen LogP contribution in [0.3, 0.4) is 0 Å². The van der Waals surface area contributed by atoms with E-state index < -0.39 is 9.84 Å². The Balaban J connectivity index is 1.72. The Hall–Kier alpha value is -1.86. The number of carbonyl (C=O) groups is 1. The molecule has 3 rings (SSSR count). The minimum atomic E-state index is -3.07. The van der Waals surface area contributed by atoms with Crippen LogP contribution in [-0.4, -0.2) is 43.4 Å². The Bertz CT molecular complexity index is 871. The van der Waals surface area contributed by atoms with Crippen molar-refractivity contribution in [3.05, 3.63) is 51.7 Å². The summed E-state index contributed by atoms with van der Waals surface area (Å²) >= 11 is 1.59. The van der Waals surface area contributed by atoms with Crippen LogP contribution in [0.4, 0.5) is 0 Å². The summed E-state index contributed by atoms with van der Waals surface area (Å²) < 4.78 is 29.4. The first-order valence-corrected chi connectivity index (χ1v) is 11.3. The zero-order valence-electron chi connectivity index (χ0n) is 15.0. The van der Waals surface area contributed by atoms with Crippen molar-refractivity contribution in [1.82, 2.24) is 4.90 Å². The zero-order chi connectivity index (χ0) is 18.7. The van der Waals surface area contributed by atoms with Gasteiger partial charge in [0.2, 0.25) is 0 Å². The van der Waals surface area contributed by atoms with E-state index in [4.69, 9.17) is 4.74 Å². The lowest BCUT2D eigenvalue weighted by molar-refractivity contribution is -0.135. The summed E-state index contributed by atoms with van der Waals surface area (Å²) in [7, 11) is -3.07. The van der Waals surface area contributed by atoms with Gasteiger partial charge in [-0.25, -0.2) is 8.42 Å². The molecule has 0 spiro atoms. The molecule has 1 amide bonds. The third-order valence-corrected chi connectivity index (χ3v) is 7.39. The number of carbonyl (C=O) groups excluding carboxylic acids is 1. The number of amides is 1. The SMILES string of the molecule is Cc1ccc(OCC(=O)N(Cc2sccc2C)[C@H]2CCS(=O)(=O)C2)cc1. The van der Waals surface area contributed by atoms with E-state index in [0.717, 1.165) is 16.0 Å². The number of hydrogen-bond donors (Lipinski definition) is 0. The maximum absolute atomic E-state index is 12.8. The number of rotatable bonds is 6. The van der Waals surface area contributed by atoms with Gasteiger partial charge in [-0.1, -0.05) is 17.7 Å². The molecular weight excluding hydrogens is 370 g/mol. The summed E-state index contributed by atoms with van der Waals surface area (Å²) in [6.45, 7) is 4.33. The second-order valence-corrected chi connectivity index (χ2v) is 9.94. The van der Waals surface area contributed by atoms with Crippen molar-refractivity contribution < 1.29 is 17.9 Å². The van der Waals surface area contributed by atoms with E-state index in [2.05, 4.69) is 0 Å². The van der Waals surface area contributed by atoms with Gasteiger partial charge in [0.1, 0.15) is 5.75 Å². The van der Waals surface area contributed by atoms with Crippen LogP contribution in [0.25, 0.3) is 0 Å². The maximum atomic E-state index is 12.8. The summed E-state index contributed by atoms with van der Waals surface area (Å²) in [5.41, 5.74) is 2.24. The van der Waals surface area contributed by atoms with Gasteiger partial charge in [0.05, 0.1) is 18.1 Å². The molecule has 7 heteroatoms. The molecule has 140 valence electrons. The van der Waals surface area contributed by atoms with E-state index in [-0.39, 0.29) is 30.1 Å². The standard InChI is InChI=1S/C19H23NO4S2/c1-14-3-5-17(6-4-14)24-12-19(21)20(11-18-15(2)7-9-25-18)16-8-10-26(22,23)13-16/h3-7,9,16H,8,10-13H2,1-2H3/t16-/m0/s1. The highest BCUT2D eigenvalue weighted by molar-refractivity contribution is 7.91. The van der Waals surface area contributed by atoms with E-state index in [1.807, 2.05) is 49.6 Å². The Morgan fingerprint density at radius 2 is 1.96 bits per heavy atom. The summed E-state index contributed by atoms with van der Waals surface area (Å²) in [6, 6.07) is 9.24. The second-order valence-electron chi connectivity index (χ2n) is 6.71. The van der Waals surface area contributed by atoms with Crippen LogP contribution in [0.1, 0.15) is 22.4 Å². The topological polar surface area (TPSA) is 63.7 Å². The first-order chi connectivity index (χ1) is 12.3. The molecule has 1 aromatic carbocycles. The number of hydrogen-bond acceptors (Lipinski definition) is 5. The molecule has 1 saturated heterocycles. The Labute approximate surface area is 158 Å². The fourth-order valence-electron chi connectivity index (χ4n) is 3.03. The smallest absolute Gasteiger partial charge is 0.261 e. The quantitative estimate of drug-likeness (QED) is 0.757. The van der Waals surface area contributed by atoms with Gasteiger partial charge in [-0.05, 0) is 49.4 Å². The predicted molar refractivity (Wildman–Crippen MR) is 103 cm³/mol. The van der Waals surface area contributed by atoms with Gasteiger partial charge in [0.25, 0.3) is 5.91 Å². The van der Waals surface area contributed by atoms with E-state index in [1.54, 1.807) is 16.2 Å². The molecule has 0 N–H and O–H groups in total. The van der Waals surface area contributed by atoms with Crippen molar-refractivity contribution in [3.63, 3.8) is 0 Å². The van der Waals surface area contributed by atoms with Crippen molar-refractivity contribution in [1.29, 1.82) is 0 Å². The van der Waals surface area contributed by atoms with Crippen molar-refractivity contribution in [2.45, 2.75) is 32.9 Å². The third-order valence-electron chi connectivity index (χ3n) is 4.63. The van der Waals surface area contributed by atoms with E-state index >= 15 is 0 Å². The summed E-state index contributed by atoms with van der Waals surface area (Å²) in [5, 5.41) is 1.99. The average molecular weight is 394 g/mol. The number of nitrogens with zero attached hydrogens (tertiary/aromatic N) is 1. The number of benzene rings is 1. The monoisotopic (exact) mass is 393 g/mol. The first kappa shape index (κ1) is 18.9. The van der Waals surface area contributed by atoms with Gasteiger partial charge < -0.3 is 9.64 Å². The highest BCUT2D eigenvalue weighted by Crippen LogP contribution is 2.24. The molecule has 2 heterocycles. The van der Waals surface area contributed by atoms with Gasteiger partial charge in [-0.3, -0.25) is 4.79 Å². The molecule has 0 saturated carbocycles. The highest BCUT2D eigenvalue weighted by atomic mass is 32.2. The number of thiophene rings is 1. The van der Waals surface area contributed by atoms with E-state index in [9.17, 15) is 13.2 Å². The molecule has 26 heavy (non-hydrogen) atoms. The van der Waals surface area contributed by atoms with Crippen LogP contribution >= 0.6 is 11.3 Å². The van der Waals surface area contributed by atoms with Gasteiger partial charge in [0, 0.05) is 10.9 Å². The van der Waals surface area contributed by atoms with Crippen molar-refractivity contribution >= 4 is 27.1 Å². The largest absolute Gasteiger partial charge is 0.484 e. The number of sulfone groups is 1. The normalized spacial score (nSPS) is 18.6. The highest BCUT2D eigenvalue weighted by Gasteiger charge is 2.35. The van der Waals surface area contributed by atoms with Crippen LogP contribution in [0, 0.1) is 13.8 Å². The van der Waals surface area contributed by atoms with Gasteiger partial charge >= 0.3 is 0 Å². The predicted octanol–water partition coefficient (Wildman–Crippen LogP) is 2.96. The molecule has 2 aromatic rings. The lowest BCUT2D eigenvalue weighted by atomic mass is 10.2. The third kappa shape index (κ3) is 4.65. The average Bonchev–Trinajstić information content (AvgIpc) is 3.16. The van der Waals surface area contributed by atoms with Crippen LogP contribution in [-0.2, 0) is 21.2 Å². The lowest BCUT2D eigenvalue weighted by Gasteiger charge is -2.28. The molecule has 0 radical (unpaired) electrons. The Morgan fingerprint density at radius 3 is 2.54 bits per heavy atom. The van der Waals surface area contributed by atoms with Gasteiger partial charge in [-0.15, -0.1) is 11.3 Å². The first-order valence-electron chi connectivity index (χ1n) is 8.56. The minimum Gasteiger partial charge on any atom is -0.484 e. The molecule has 0 aliphatic carbocycles. The molecular formula is C19H23NO4S2. The molecule has 1 aromatic heterocycles. The summed E-state index contributed by atoms with van der Waals surface area (Å²) in [5.74, 6) is 0.632. The number of ether oxygens (including phenoxy) is 1. The zero-order valence-corrected chi connectivity index (χ0v) is 16.6. The molecule has 5 nitrogen and oxygen atoms in total. The van der Waals surface area contributed by atoms with E-state index in [1.165, 1.54) is 0 Å². The molecule has 1 atom stereocenters. The Kier molecular flexibility index (Phi) is 5.67. The number of aryl methyl sites for hydroxylation is 2. The van der Waals surface area contributed by atoms with Crippen LogP contribution in [0.2, 0.25) is 0 Å². The summed E-state index contributed by atoms with van der Waals surface area (Å²) in [6.07, 6.45) is 0.489. The van der Waals surface area contributed by atoms with Gasteiger partial charge in [-0.2, -0.15) is 0 Å². The van der Waals surface area contributed by atoms with Crippen molar-refractivity contribution in [3.8, 4) is 5.75 Å². The van der Waals surface area contributed by atoms with Crippen molar-refractivity contribution in [2.24, 2.45) is 0 Å². The van der Waals surface area contributed by atoms with E-state index in [0.29, 0.717) is 18.7 Å². The maximum Gasteiger partial charge on any atom is 0.261 e. The lowest BCUT2D eigenvalue weighted by Crippen LogP contribution is -2.43. The molecule has 0 unspecified atom stereocenters. The van der Waals surface area contributed by atoms with Crippen molar-refractivity contribution in [2.75, 3.05) is 18.1 Å². The van der Waals surface area contributed by atoms with Crippen LogP contribution in [0.15, 0.2) is 35.7 Å². The van der Waals surface area contributed by atoms with Gasteiger partial charge in [0.15, 0.2) is 16.4 Å². The molecule has 0 bridgehead atoms.